The smallest absolute Gasteiger partial charge is 0.253 e. The molecule has 12 heteroatoms. The van der Waals surface area contributed by atoms with Crippen molar-refractivity contribution in [3.63, 3.8) is 0 Å². The maximum Gasteiger partial charge on any atom is 0.253 e. The van der Waals surface area contributed by atoms with E-state index in [1.54, 1.807) is 33.7 Å². The maximum atomic E-state index is 13.0. The number of nitrogens with two attached hydrogens (primary N) is 1. The van der Waals surface area contributed by atoms with Gasteiger partial charge in [-0.3, -0.25) is 14.9 Å². The van der Waals surface area contributed by atoms with Gasteiger partial charge in [0.1, 0.15) is 0 Å². The molecule has 0 aliphatic carbocycles. The summed E-state index contributed by atoms with van der Waals surface area (Å²) in [6.07, 6.45) is 2.39. The van der Waals surface area contributed by atoms with Crippen LogP contribution in [0.25, 0.3) is 10.8 Å². The molecule has 3 rings (SSSR count). The first-order valence-corrected chi connectivity index (χ1v) is 14.2. The molecule has 0 spiro atoms. The number of hydrogen-bond acceptors (Lipinski definition) is 8. The van der Waals surface area contributed by atoms with Gasteiger partial charge in [-0.2, -0.15) is 0 Å². The molecule has 1 aliphatic heterocycles. The SMILES string of the molecule is CN(C)c1cccc2c(S(=O)(=O)N(Br)CCSSCCN)cccc12.O=C1C=CC(=O)N1. The number of imide groups is 1. The summed E-state index contributed by atoms with van der Waals surface area (Å²) in [5.74, 6) is 0.883. The minimum Gasteiger partial charge on any atom is -0.377 e. The molecule has 2 aromatic carbocycles. The first kappa shape index (κ1) is 26.7. The molecule has 0 saturated heterocycles. The highest BCUT2D eigenvalue weighted by atomic mass is 79.9. The number of sulfonamides is 1. The molecule has 0 radical (unpaired) electrons. The van der Waals surface area contributed by atoms with E-state index < -0.39 is 10.0 Å². The molecule has 1 aliphatic rings. The number of carbonyl (C=O) groups excluding carboxylic acids is 2. The maximum absolute atomic E-state index is 13.0. The first-order valence-electron chi connectivity index (χ1n) is 9.53. The van der Waals surface area contributed by atoms with Gasteiger partial charge in [0.2, 0.25) is 0 Å². The zero-order valence-electron chi connectivity index (χ0n) is 17.7. The Hall–Kier alpha value is -1.57. The molecular weight excluding hydrogens is 536 g/mol. The number of halogens is 1. The van der Waals surface area contributed by atoms with E-state index in [1.165, 1.54) is 15.5 Å². The van der Waals surface area contributed by atoms with Crippen LogP contribution >= 0.6 is 37.7 Å². The molecule has 1 heterocycles. The number of amides is 2. The van der Waals surface area contributed by atoms with Gasteiger partial charge >= 0.3 is 0 Å². The highest BCUT2D eigenvalue weighted by Crippen LogP contribution is 2.32. The summed E-state index contributed by atoms with van der Waals surface area (Å²) in [5, 5.41) is 3.67. The molecule has 0 atom stereocenters. The second-order valence-electron chi connectivity index (χ2n) is 6.66. The number of hydrogen-bond donors (Lipinski definition) is 2. The van der Waals surface area contributed by atoms with E-state index >= 15 is 0 Å². The summed E-state index contributed by atoms with van der Waals surface area (Å²) in [5.41, 5.74) is 6.44. The van der Waals surface area contributed by atoms with Crippen LogP contribution in [-0.2, 0) is 19.6 Å². The summed E-state index contributed by atoms with van der Waals surface area (Å²) >= 11 is 3.23. The Morgan fingerprint density at radius 1 is 0.969 bits per heavy atom. The van der Waals surface area contributed by atoms with Crippen LogP contribution in [0.4, 0.5) is 5.69 Å². The number of anilines is 1. The van der Waals surface area contributed by atoms with E-state index in [-0.39, 0.29) is 11.8 Å². The average Bonchev–Trinajstić information content (AvgIpc) is 3.15. The lowest BCUT2D eigenvalue weighted by molar-refractivity contribution is -0.123. The van der Waals surface area contributed by atoms with Crippen molar-refractivity contribution in [2.75, 3.05) is 43.6 Å². The molecule has 0 saturated carbocycles. The third kappa shape index (κ3) is 7.22. The van der Waals surface area contributed by atoms with Crippen LogP contribution < -0.4 is 16.0 Å². The largest absolute Gasteiger partial charge is 0.377 e. The summed E-state index contributed by atoms with van der Waals surface area (Å²) in [6, 6.07) is 11.1. The molecular formula is C20H25BrN4O4S3. The third-order valence-electron chi connectivity index (χ3n) is 4.15. The Balaban J connectivity index is 0.000000439. The molecule has 8 nitrogen and oxygen atoms in total. The molecule has 32 heavy (non-hydrogen) atoms. The predicted octanol–water partition coefficient (Wildman–Crippen LogP) is 2.75. The fraction of sp³-hybridized carbons (Fsp3) is 0.300. The summed E-state index contributed by atoms with van der Waals surface area (Å²) in [7, 11) is 3.55. The number of carbonyl (C=O) groups is 2. The van der Waals surface area contributed by atoms with Crippen molar-refractivity contribution < 1.29 is 18.0 Å². The van der Waals surface area contributed by atoms with Gasteiger partial charge in [-0.25, -0.2) is 8.42 Å². The monoisotopic (exact) mass is 560 g/mol. The zero-order chi connectivity index (χ0) is 23.7. The second-order valence-corrected chi connectivity index (χ2v) is 12.5. The van der Waals surface area contributed by atoms with Crippen LogP contribution in [0.5, 0.6) is 0 Å². The van der Waals surface area contributed by atoms with Crippen molar-refractivity contribution >= 4 is 76.0 Å². The minimum absolute atomic E-state index is 0.310. The van der Waals surface area contributed by atoms with Crippen LogP contribution in [0.3, 0.4) is 0 Å². The van der Waals surface area contributed by atoms with Crippen molar-refractivity contribution in [2.45, 2.75) is 4.90 Å². The standard InChI is InChI=1S/C16H22BrN3O2S3.C4H3NO2/c1-19(2)15-7-3-6-14-13(15)5-4-8-16(14)25(21,22)20(17)10-12-24-23-11-9-18;6-3-1-2-4(7)5-3/h3-8H,9-12,18H2,1-2H3;1-2H,(H,5,6,7). The van der Waals surface area contributed by atoms with E-state index in [0.29, 0.717) is 23.7 Å². The number of nitrogens with zero attached hydrogens (tertiary/aromatic N) is 2. The van der Waals surface area contributed by atoms with E-state index in [1.807, 2.05) is 48.6 Å². The number of nitrogens with one attached hydrogen (secondary N) is 1. The van der Waals surface area contributed by atoms with Crippen molar-refractivity contribution in [3.05, 3.63) is 48.6 Å². The minimum atomic E-state index is -3.62. The fourth-order valence-electron chi connectivity index (χ4n) is 2.74. The molecule has 0 unspecified atom stereocenters. The lowest BCUT2D eigenvalue weighted by atomic mass is 10.1. The van der Waals surface area contributed by atoms with Gasteiger partial charge in [-0.05, 0) is 12.1 Å². The highest BCUT2D eigenvalue weighted by molar-refractivity contribution is 9.08. The Bertz CT molecular complexity index is 1080. The van der Waals surface area contributed by atoms with Gasteiger partial charge in [-0.1, -0.05) is 45.9 Å². The number of rotatable bonds is 9. The molecule has 0 fully saturated rings. The van der Waals surface area contributed by atoms with E-state index in [4.69, 9.17) is 5.73 Å². The quantitative estimate of drug-likeness (QED) is 0.208. The third-order valence-corrected chi connectivity index (χ3v) is 9.68. The van der Waals surface area contributed by atoms with E-state index in [9.17, 15) is 18.0 Å². The van der Waals surface area contributed by atoms with Gasteiger partial charge in [0.05, 0.1) is 4.90 Å². The number of fused-ring (bicyclic) bond motifs is 1. The van der Waals surface area contributed by atoms with Gasteiger partial charge in [0, 0.05) is 83.4 Å². The van der Waals surface area contributed by atoms with Gasteiger partial charge in [-0.15, -0.1) is 3.33 Å². The van der Waals surface area contributed by atoms with Crippen LogP contribution in [0.2, 0.25) is 0 Å². The molecule has 174 valence electrons. The molecule has 0 aromatic heterocycles. The van der Waals surface area contributed by atoms with Gasteiger partial charge < -0.3 is 10.6 Å². The van der Waals surface area contributed by atoms with E-state index in [0.717, 1.165) is 22.2 Å². The van der Waals surface area contributed by atoms with Crippen molar-refractivity contribution in [1.82, 2.24) is 8.65 Å². The Kier molecular flexibility index (Phi) is 10.5. The Morgan fingerprint density at radius 3 is 2.12 bits per heavy atom. The summed E-state index contributed by atoms with van der Waals surface area (Å²) < 4.78 is 27.2. The van der Waals surface area contributed by atoms with Crippen LogP contribution in [0.15, 0.2) is 53.4 Å². The molecule has 0 bridgehead atoms. The molecule has 2 aromatic rings. The topological polar surface area (TPSA) is 113 Å². The van der Waals surface area contributed by atoms with Gasteiger partial charge in [0.25, 0.3) is 21.8 Å². The summed E-state index contributed by atoms with van der Waals surface area (Å²) in [6.45, 7) is 1.01. The fourth-order valence-corrected chi connectivity index (χ4v) is 6.79. The lowest BCUT2D eigenvalue weighted by Crippen LogP contribution is -2.24. The van der Waals surface area contributed by atoms with Gasteiger partial charge in [0.15, 0.2) is 0 Å². The molecule has 2 amide bonds. The van der Waals surface area contributed by atoms with E-state index in [2.05, 4.69) is 16.1 Å². The van der Waals surface area contributed by atoms with Crippen LogP contribution in [0, 0.1) is 0 Å². The predicted molar refractivity (Wildman–Crippen MR) is 137 cm³/mol. The Labute approximate surface area is 204 Å². The Morgan fingerprint density at radius 2 is 1.56 bits per heavy atom. The first-order chi connectivity index (χ1) is 15.2. The summed E-state index contributed by atoms with van der Waals surface area (Å²) in [4.78, 5) is 22.4. The second kappa shape index (κ2) is 12.6. The normalized spacial score (nSPS) is 13.3. The van der Waals surface area contributed by atoms with Crippen molar-refractivity contribution in [2.24, 2.45) is 5.73 Å². The zero-order valence-corrected chi connectivity index (χ0v) is 21.7. The van der Waals surface area contributed by atoms with Crippen LogP contribution in [0.1, 0.15) is 0 Å². The van der Waals surface area contributed by atoms with Crippen molar-refractivity contribution in [1.29, 1.82) is 0 Å². The highest BCUT2D eigenvalue weighted by Gasteiger charge is 2.24. The van der Waals surface area contributed by atoms with Crippen molar-refractivity contribution in [3.8, 4) is 0 Å². The lowest BCUT2D eigenvalue weighted by Gasteiger charge is -2.19. The molecule has 3 N–H and O–H groups in total. The van der Waals surface area contributed by atoms with Crippen LogP contribution in [-0.4, -0.2) is 62.3 Å². The average molecular weight is 562 g/mol. The number of benzene rings is 2.